The normalized spacial score (nSPS) is 13.0. The molecule has 0 spiro atoms. The van der Waals surface area contributed by atoms with Crippen LogP contribution >= 0.6 is 11.3 Å². The lowest BCUT2D eigenvalue weighted by Crippen LogP contribution is -2.13. The van der Waals surface area contributed by atoms with Crippen molar-refractivity contribution in [3.8, 4) is 0 Å². The molecule has 2 aromatic heterocycles. The summed E-state index contributed by atoms with van der Waals surface area (Å²) >= 11 is 1.67. The van der Waals surface area contributed by atoms with Gasteiger partial charge < -0.3 is 10.7 Å². The van der Waals surface area contributed by atoms with Crippen LogP contribution in [0, 0.1) is 6.92 Å². The van der Waals surface area contributed by atoms with Crippen LogP contribution in [0.4, 0.5) is 0 Å². The highest BCUT2D eigenvalue weighted by molar-refractivity contribution is 7.09. The van der Waals surface area contributed by atoms with Gasteiger partial charge in [0, 0.05) is 23.7 Å². The largest absolute Gasteiger partial charge is 0.364 e. The first-order chi connectivity index (χ1) is 6.75. The Labute approximate surface area is 87.0 Å². The summed E-state index contributed by atoms with van der Waals surface area (Å²) in [4.78, 5) is 7.50. The molecule has 1 atom stereocenters. The van der Waals surface area contributed by atoms with E-state index >= 15 is 0 Å². The van der Waals surface area contributed by atoms with Crippen molar-refractivity contribution in [2.75, 3.05) is 0 Å². The molecule has 0 bridgehead atoms. The molecule has 0 amide bonds. The summed E-state index contributed by atoms with van der Waals surface area (Å²) in [5, 5.41) is 3.16. The maximum atomic E-state index is 6.01. The molecule has 2 heterocycles. The molecule has 0 aliphatic carbocycles. The lowest BCUT2D eigenvalue weighted by atomic mass is 10.1. The molecule has 0 saturated carbocycles. The van der Waals surface area contributed by atoms with E-state index in [9.17, 15) is 0 Å². The third-order valence-electron chi connectivity index (χ3n) is 2.12. The topological polar surface area (TPSA) is 54.7 Å². The van der Waals surface area contributed by atoms with Crippen LogP contribution in [0.3, 0.4) is 0 Å². The maximum Gasteiger partial charge on any atom is 0.0897 e. The SMILES string of the molecule is Cc1nc(CC(N)c2ccc[nH]2)cs1. The number of nitrogens with two attached hydrogens (primary N) is 1. The highest BCUT2D eigenvalue weighted by Gasteiger charge is 2.09. The van der Waals surface area contributed by atoms with Gasteiger partial charge in [0.15, 0.2) is 0 Å². The third-order valence-corrected chi connectivity index (χ3v) is 2.94. The Kier molecular flexibility index (Phi) is 2.65. The van der Waals surface area contributed by atoms with Crippen LogP contribution in [0.2, 0.25) is 0 Å². The predicted molar refractivity (Wildman–Crippen MR) is 58.3 cm³/mol. The number of H-pyrrole nitrogens is 1. The van der Waals surface area contributed by atoms with Gasteiger partial charge in [0.05, 0.1) is 16.7 Å². The van der Waals surface area contributed by atoms with E-state index in [4.69, 9.17) is 5.73 Å². The summed E-state index contributed by atoms with van der Waals surface area (Å²) in [7, 11) is 0. The number of thiazole rings is 1. The lowest BCUT2D eigenvalue weighted by Gasteiger charge is -2.07. The fraction of sp³-hybridized carbons (Fsp3) is 0.300. The molecule has 2 rings (SSSR count). The average molecular weight is 207 g/mol. The Morgan fingerprint density at radius 2 is 2.50 bits per heavy atom. The molecular formula is C10H13N3S. The minimum atomic E-state index is 0.0199. The van der Waals surface area contributed by atoms with Crippen molar-refractivity contribution in [2.24, 2.45) is 5.73 Å². The van der Waals surface area contributed by atoms with Gasteiger partial charge in [-0.2, -0.15) is 0 Å². The summed E-state index contributed by atoms with van der Waals surface area (Å²) in [5.74, 6) is 0. The molecular weight excluding hydrogens is 194 g/mol. The van der Waals surface area contributed by atoms with Gasteiger partial charge >= 0.3 is 0 Å². The van der Waals surface area contributed by atoms with Crippen molar-refractivity contribution in [1.29, 1.82) is 0 Å². The standard InChI is InChI=1S/C10H13N3S/c1-7-13-8(6-14-7)5-9(11)10-3-2-4-12-10/h2-4,6,9,12H,5,11H2,1H3. The molecule has 74 valence electrons. The van der Waals surface area contributed by atoms with Crippen molar-refractivity contribution >= 4 is 11.3 Å². The van der Waals surface area contributed by atoms with E-state index in [2.05, 4.69) is 15.3 Å². The van der Waals surface area contributed by atoms with Crippen LogP contribution < -0.4 is 5.73 Å². The molecule has 4 heteroatoms. The van der Waals surface area contributed by atoms with Gasteiger partial charge in [-0.15, -0.1) is 11.3 Å². The molecule has 0 fully saturated rings. The summed E-state index contributed by atoms with van der Waals surface area (Å²) < 4.78 is 0. The van der Waals surface area contributed by atoms with Gasteiger partial charge in [-0.05, 0) is 19.1 Å². The van der Waals surface area contributed by atoms with Gasteiger partial charge in [0.1, 0.15) is 0 Å². The zero-order valence-corrected chi connectivity index (χ0v) is 8.84. The zero-order chi connectivity index (χ0) is 9.97. The fourth-order valence-electron chi connectivity index (χ4n) is 1.41. The Bertz CT molecular complexity index is 391. The molecule has 3 N–H and O–H groups in total. The maximum absolute atomic E-state index is 6.01. The molecule has 2 aromatic rings. The average Bonchev–Trinajstić information content (AvgIpc) is 2.75. The number of aromatic nitrogens is 2. The molecule has 0 aliphatic rings. The van der Waals surface area contributed by atoms with E-state index in [0.29, 0.717) is 0 Å². The Morgan fingerprint density at radius 3 is 3.07 bits per heavy atom. The van der Waals surface area contributed by atoms with Crippen LogP contribution in [-0.4, -0.2) is 9.97 Å². The highest BCUT2D eigenvalue weighted by atomic mass is 32.1. The summed E-state index contributed by atoms with van der Waals surface area (Å²) in [6.07, 6.45) is 2.69. The van der Waals surface area contributed by atoms with Crippen LogP contribution in [0.5, 0.6) is 0 Å². The first-order valence-corrected chi connectivity index (χ1v) is 5.43. The summed E-state index contributed by atoms with van der Waals surface area (Å²) in [5.41, 5.74) is 8.16. The monoisotopic (exact) mass is 207 g/mol. The Morgan fingerprint density at radius 1 is 1.64 bits per heavy atom. The predicted octanol–water partition coefficient (Wildman–Crippen LogP) is 2.02. The van der Waals surface area contributed by atoms with E-state index in [1.807, 2.05) is 25.3 Å². The minimum Gasteiger partial charge on any atom is -0.364 e. The molecule has 0 saturated heterocycles. The minimum absolute atomic E-state index is 0.0199. The third kappa shape index (κ3) is 2.02. The van der Waals surface area contributed by atoms with Crippen LogP contribution in [-0.2, 0) is 6.42 Å². The fourth-order valence-corrected chi connectivity index (χ4v) is 2.04. The van der Waals surface area contributed by atoms with E-state index in [1.54, 1.807) is 11.3 Å². The molecule has 0 aromatic carbocycles. The Balaban J connectivity index is 2.05. The number of aromatic amines is 1. The Hall–Kier alpha value is -1.13. The number of rotatable bonds is 3. The quantitative estimate of drug-likeness (QED) is 0.809. The first-order valence-electron chi connectivity index (χ1n) is 4.55. The number of nitrogens with one attached hydrogen (secondary N) is 1. The van der Waals surface area contributed by atoms with Crippen molar-refractivity contribution in [3.05, 3.63) is 40.1 Å². The number of hydrogen-bond acceptors (Lipinski definition) is 3. The molecule has 3 nitrogen and oxygen atoms in total. The van der Waals surface area contributed by atoms with Crippen molar-refractivity contribution in [1.82, 2.24) is 9.97 Å². The molecule has 0 radical (unpaired) electrons. The number of nitrogens with zero attached hydrogens (tertiary/aromatic N) is 1. The van der Waals surface area contributed by atoms with Crippen LogP contribution in [0.25, 0.3) is 0 Å². The lowest BCUT2D eigenvalue weighted by molar-refractivity contribution is 0.690. The summed E-state index contributed by atoms with van der Waals surface area (Å²) in [6, 6.07) is 3.98. The van der Waals surface area contributed by atoms with Gasteiger partial charge in [0.2, 0.25) is 0 Å². The summed E-state index contributed by atoms with van der Waals surface area (Å²) in [6.45, 7) is 2.01. The molecule has 14 heavy (non-hydrogen) atoms. The highest BCUT2D eigenvalue weighted by Crippen LogP contribution is 2.16. The van der Waals surface area contributed by atoms with Crippen molar-refractivity contribution in [3.63, 3.8) is 0 Å². The van der Waals surface area contributed by atoms with Crippen molar-refractivity contribution < 1.29 is 0 Å². The van der Waals surface area contributed by atoms with E-state index < -0.39 is 0 Å². The second kappa shape index (κ2) is 3.94. The van der Waals surface area contributed by atoms with E-state index in [1.165, 1.54) is 0 Å². The van der Waals surface area contributed by atoms with Crippen molar-refractivity contribution in [2.45, 2.75) is 19.4 Å². The molecule has 0 aliphatic heterocycles. The van der Waals surface area contributed by atoms with E-state index in [0.717, 1.165) is 22.8 Å². The second-order valence-corrected chi connectivity index (χ2v) is 4.36. The number of aryl methyl sites for hydroxylation is 1. The number of hydrogen-bond donors (Lipinski definition) is 2. The van der Waals surface area contributed by atoms with E-state index in [-0.39, 0.29) is 6.04 Å². The van der Waals surface area contributed by atoms with Gasteiger partial charge in [-0.1, -0.05) is 0 Å². The van der Waals surface area contributed by atoms with Crippen LogP contribution in [0.1, 0.15) is 22.4 Å². The zero-order valence-electron chi connectivity index (χ0n) is 8.03. The second-order valence-electron chi connectivity index (χ2n) is 3.29. The van der Waals surface area contributed by atoms with Gasteiger partial charge in [-0.3, -0.25) is 0 Å². The van der Waals surface area contributed by atoms with Crippen LogP contribution in [0.15, 0.2) is 23.7 Å². The van der Waals surface area contributed by atoms with Gasteiger partial charge in [-0.25, -0.2) is 4.98 Å². The molecule has 1 unspecified atom stereocenters. The first kappa shape index (κ1) is 9.43. The van der Waals surface area contributed by atoms with Gasteiger partial charge in [0.25, 0.3) is 0 Å². The smallest absolute Gasteiger partial charge is 0.0897 e.